The standard InChI is InChI=1S/C14H28N2O2/c1-10(14(2,3)4)16-13(18)15-9-11-6-5-7-12(17)8-11/h10-12,17H,5-9H2,1-4H3,(H2,15,16,18). The minimum Gasteiger partial charge on any atom is -0.393 e. The highest BCUT2D eigenvalue weighted by Gasteiger charge is 2.23. The molecule has 0 radical (unpaired) electrons. The van der Waals surface area contributed by atoms with Gasteiger partial charge in [-0.3, -0.25) is 0 Å². The number of hydrogen-bond donors (Lipinski definition) is 3. The smallest absolute Gasteiger partial charge is 0.315 e. The molecule has 4 heteroatoms. The molecule has 1 saturated carbocycles. The molecule has 1 aliphatic rings. The van der Waals surface area contributed by atoms with Crippen LogP contribution in [0.2, 0.25) is 0 Å². The molecule has 3 unspecified atom stereocenters. The maximum atomic E-state index is 11.7. The Hall–Kier alpha value is -0.770. The summed E-state index contributed by atoms with van der Waals surface area (Å²) in [5.74, 6) is 0.421. The Balaban J connectivity index is 2.24. The number of aliphatic hydroxyl groups excluding tert-OH is 1. The van der Waals surface area contributed by atoms with Crippen LogP contribution in [0.25, 0.3) is 0 Å². The van der Waals surface area contributed by atoms with Crippen molar-refractivity contribution in [3.8, 4) is 0 Å². The molecule has 0 aromatic carbocycles. The van der Waals surface area contributed by atoms with Gasteiger partial charge in [0.25, 0.3) is 0 Å². The molecule has 106 valence electrons. The molecule has 4 nitrogen and oxygen atoms in total. The highest BCUT2D eigenvalue weighted by molar-refractivity contribution is 5.74. The Morgan fingerprint density at radius 2 is 2.06 bits per heavy atom. The van der Waals surface area contributed by atoms with E-state index in [9.17, 15) is 9.90 Å². The minimum atomic E-state index is -0.179. The first-order valence-electron chi connectivity index (χ1n) is 7.01. The fraction of sp³-hybridized carbons (Fsp3) is 0.929. The van der Waals surface area contributed by atoms with Crippen LogP contribution in [0.5, 0.6) is 0 Å². The van der Waals surface area contributed by atoms with Gasteiger partial charge in [0, 0.05) is 12.6 Å². The number of nitrogens with one attached hydrogen (secondary N) is 2. The van der Waals surface area contributed by atoms with Crippen LogP contribution in [0.3, 0.4) is 0 Å². The third-order valence-electron chi connectivity index (χ3n) is 3.95. The van der Waals surface area contributed by atoms with Gasteiger partial charge in [-0.05, 0) is 37.5 Å². The van der Waals surface area contributed by atoms with E-state index in [0.717, 1.165) is 25.7 Å². The maximum absolute atomic E-state index is 11.7. The second-order valence-electron chi connectivity index (χ2n) is 6.63. The van der Waals surface area contributed by atoms with Crippen molar-refractivity contribution in [1.29, 1.82) is 0 Å². The topological polar surface area (TPSA) is 61.4 Å². The molecule has 0 spiro atoms. The predicted molar refractivity (Wildman–Crippen MR) is 73.4 cm³/mol. The summed E-state index contributed by atoms with van der Waals surface area (Å²) >= 11 is 0. The van der Waals surface area contributed by atoms with Crippen molar-refractivity contribution in [2.24, 2.45) is 11.3 Å². The molecule has 0 bridgehead atoms. The van der Waals surface area contributed by atoms with E-state index < -0.39 is 0 Å². The average molecular weight is 256 g/mol. The molecule has 1 aliphatic carbocycles. The second-order valence-corrected chi connectivity index (χ2v) is 6.63. The first-order valence-corrected chi connectivity index (χ1v) is 7.01. The van der Waals surface area contributed by atoms with E-state index in [2.05, 4.69) is 31.4 Å². The van der Waals surface area contributed by atoms with Crippen LogP contribution in [-0.2, 0) is 0 Å². The lowest BCUT2D eigenvalue weighted by molar-refractivity contribution is 0.101. The summed E-state index contributed by atoms with van der Waals surface area (Å²) in [6, 6.07) is 0.0342. The van der Waals surface area contributed by atoms with Gasteiger partial charge in [-0.2, -0.15) is 0 Å². The van der Waals surface area contributed by atoms with Crippen LogP contribution in [-0.4, -0.2) is 29.8 Å². The molecule has 0 aromatic heterocycles. The van der Waals surface area contributed by atoms with Gasteiger partial charge >= 0.3 is 6.03 Å². The highest BCUT2D eigenvalue weighted by atomic mass is 16.3. The largest absolute Gasteiger partial charge is 0.393 e. The molecule has 1 fully saturated rings. The Labute approximate surface area is 111 Å². The Morgan fingerprint density at radius 3 is 2.61 bits per heavy atom. The SMILES string of the molecule is CC(NC(=O)NCC1CCCC(O)C1)C(C)(C)C. The van der Waals surface area contributed by atoms with E-state index in [0.29, 0.717) is 12.5 Å². The molecule has 3 atom stereocenters. The van der Waals surface area contributed by atoms with Gasteiger partial charge in [0.05, 0.1) is 6.10 Å². The van der Waals surface area contributed by atoms with Gasteiger partial charge < -0.3 is 15.7 Å². The van der Waals surface area contributed by atoms with Crippen molar-refractivity contribution in [3.63, 3.8) is 0 Å². The van der Waals surface area contributed by atoms with Crippen molar-refractivity contribution in [3.05, 3.63) is 0 Å². The highest BCUT2D eigenvalue weighted by Crippen LogP contribution is 2.23. The second kappa shape index (κ2) is 6.41. The lowest BCUT2D eigenvalue weighted by Gasteiger charge is -2.29. The van der Waals surface area contributed by atoms with E-state index in [-0.39, 0.29) is 23.6 Å². The van der Waals surface area contributed by atoms with Crippen LogP contribution < -0.4 is 10.6 Å². The average Bonchev–Trinajstić information content (AvgIpc) is 2.25. The zero-order valence-electron chi connectivity index (χ0n) is 12.1. The van der Waals surface area contributed by atoms with Crippen molar-refractivity contribution in [2.75, 3.05) is 6.54 Å². The lowest BCUT2D eigenvalue weighted by Crippen LogP contribution is -2.47. The summed E-state index contributed by atoms with van der Waals surface area (Å²) in [4.78, 5) is 11.7. The summed E-state index contributed by atoms with van der Waals surface area (Å²) in [7, 11) is 0. The molecule has 2 amide bonds. The van der Waals surface area contributed by atoms with Crippen molar-refractivity contribution in [2.45, 2.75) is 65.5 Å². The molecular formula is C14H28N2O2. The van der Waals surface area contributed by atoms with Gasteiger partial charge in [-0.25, -0.2) is 4.79 Å². The molecule has 18 heavy (non-hydrogen) atoms. The fourth-order valence-electron chi connectivity index (χ4n) is 2.15. The van der Waals surface area contributed by atoms with Gasteiger partial charge in [-0.1, -0.05) is 27.2 Å². The van der Waals surface area contributed by atoms with Crippen molar-refractivity contribution in [1.82, 2.24) is 10.6 Å². The molecular weight excluding hydrogens is 228 g/mol. The Kier molecular flexibility index (Phi) is 5.45. The molecule has 1 rings (SSSR count). The van der Waals surface area contributed by atoms with Gasteiger partial charge in [0.1, 0.15) is 0 Å². The summed E-state index contributed by atoms with van der Waals surface area (Å²) in [6.07, 6.45) is 3.71. The Bertz CT molecular complexity index is 273. The van der Waals surface area contributed by atoms with E-state index in [1.807, 2.05) is 6.92 Å². The number of hydrogen-bond acceptors (Lipinski definition) is 2. The van der Waals surface area contributed by atoms with E-state index in [4.69, 9.17) is 0 Å². The minimum absolute atomic E-state index is 0.0678. The quantitative estimate of drug-likeness (QED) is 0.725. The van der Waals surface area contributed by atoms with Crippen LogP contribution in [0.4, 0.5) is 4.79 Å². The first-order chi connectivity index (χ1) is 8.29. The summed E-state index contributed by atoms with van der Waals surface area (Å²) < 4.78 is 0. The zero-order chi connectivity index (χ0) is 13.8. The number of rotatable bonds is 3. The molecule has 3 N–H and O–H groups in total. The third kappa shape index (κ3) is 5.25. The van der Waals surface area contributed by atoms with Crippen molar-refractivity contribution >= 4 is 6.03 Å². The van der Waals surface area contributed by atoms with Gasteiger partial charge in [0.15, 0.2) is 0 Å². The number of carbonyl (C=O) groups excluding carboxylic acids is 1. The maximum Gasteiger partial charge on any atom is 0.315 e. The third-order valence-corrected chi connectivity index (χ3v) is 3.95. The normalized spacial score (nSPS) is 26.5. The van der Waals surface area contributed by atoms with Gasteiger partial charge in [0.2, 0.25) is 0 Å². The van der Waals surface area contributed by atoms with Crippen LogP contribution in [0.15, 0.2) is 0 Å². The van der Waals surface area contributed by atoms with E-state index >= 15 is 0 Å². The Morgan fingerprint density at radius 1 is 1.39 bits per heavy atom. The molecule has 0 saturated heterocycles. The summed E-state index contributed by atoms with van der Waals surface area (Å²) in [5.41, 5.74) is 0.0678. The number of carbonyl (C=O) groups is 1. The van der Waals surface area contributed by atoms with Gasteiger partial charge in [-0.15, -0.1) is 0 Å². The first kappa shape index (κ1) is 15.3. The van der Waals surface area contributed by atoms with E-state index in [1.165, 1.54) is 0 Å². The summed E-state index contributed by atoms with van der Waals surface area (Å²) in [6.45, 7) is 9.00. The fourth-order valence-corrected chi connectivity index (χ4v) is 2.15. The molecule has 0 heterocycles. The van der Waals surface area contributed by atoms with Crippen molar-refractivity contribution < 1.29 is 9.90 Å². The van der Waals surface area contributed by atoms with Crippen LogP contribution in [0.1, 0.15) is 53.4 Å². The monoisotopic (exact) mass is 256 g/mol. The predicted octanol–water partition coefficient (Wildman–Crippen LogP) is 2.27. The molecule has 0 aromatic rings. The lowest BCUT2D eigenvalue weighted by atomic mass is 9.87. The molecule has 0 aliphatic heterocycles. The van der Waals surface area contributed by atoms with Crippen LogP contribution in [0, 0.1) is 11.3 Å². The number of amides is 2. The van der Waals surface area contributed by atoms with Crippen LogP contribution >= 0.6 is 0 Å². The summed E-state index contributed by atoms with van der Waals surface area (Å²) in [5, 5.41) is 15.4. The zero-order valence-corrected chi connectivity index (χ0v) is 12.1. The van der Waals surface area contributed by atoms with E-state index in [1.54, 1.807) is 0 Å². The number of aliphatic hydroxyl groups is 1. The number of urea groups is 1.